The number of carbonyl (C=O) groups excluding carboxylic acids is 2. The second-order valence-corrected chi connectivity index (χ2v) is 6.98. The third-order valence-electron chi connectivity index (χ3n) is 4.41. The van der Waals surface area contributed by atoms with Gasteiger partial charge in [-0.25, -0.2) is 0 Å². The van der Waals surface area contributed by atoms with E-state index in [0.29, 0.717) is 23.1 Å². The third-order valence-corrected chi connectivity index (χ3v) is 5.07. The molecule has 0 spiro atoms. The standard InChI is InChI=1S/C19H18Cl2N2O2/c1-12-16(21)3-2-4-17(12)23-11-14(9-18(23)24)19(25)22-10-13-5-7-15(20)8-6-13/h2-8,14H,9-11H2,1H3,(H,22,25)/t14-/m0/s1. The first-order chi connectivity index (χ1) is 12.0. The summed E-state index contributed by atoms with van der Waals surface area (Å²) in [7, 11) is 0. The molecule has 1 heterocycles. The van der Waals surface area contributed by atoms with Crippen LogP contribution in [0.25, 0.3) is 0 Å². The lowest BCUT2D eigenvalue weighted by Gasteiger charge is -2.19. The van der Waals surface area contributed by atoms with E-state index in [0.717, 1.165) is 16.8 Å². The highest BCUT2D eigenvalue weighted by Gasteiger charge is 2.35. The van der Waals surface area contributed by atoms with Gasteiger partial charge in [0.05, 0.1) is 5.92 Å². The number of nitrogens with zero attached hydrogens (tertiary/aromatic N) is 1. The Morgan fingerprint density at radius 2 is 1.92 bits per heavy atom. The van der Waals surface area contributed by atoms with Crippen LogP contribution in [0.5, 0.6) is 0 Å². The average Bonchev–Trinajstić information content (AvgIpc) is 2.98. The fourth-order valence-corrected chi connectivity index (χ4v) is 3.24. The summed E-state index contributed by atoms with van der Waals surface area (Å²) in [6.45, 7) is 2.65. The normalized spacial score (nSPS) is 17.0. The minimum Gasteiger partial charge on any atom is -0.352 e. The summed E-state index contributed by atoms with van der Waals surface area (Å²) in [5, 5.41) is 4.16. The molecule has 2 aromatic carbocycles. The molecular formula is C19H18Cl2N2O2. The number of halogens is 2. The van der Waals surface area contributed by atoms with Gasteiger partial charge in [0, 0.05) is 35.2 Å². The van der Waals surface area contributed by atoms with Gasteiger partial charge in [-0.3, -0.25) is 9.59 Å². The van der Waals surface area contributed by atoms with Crippen molar-refractivity contribution < 1.29 is 9.59 Å². The summed E-state index contributed by atoms with van der Waals surface area (Å²) in [4.78, 5) is 26.4. The Morgan fingerprint density at radius 1 is 1.20 bits per heavy atom. The number of hydrogen-bond acceptors (Lipinski definition) is 2. The van der Waals surface area contributed by atoms with Crippen molar-refractivity contribution in [3.63, 3.8) is 0 Å². The highest BCUT2D eigenvalue weighted by Crippen LogP contribution is 2.31. The Bertz CT molecular complexity index is 806. The van der Waals surface area contributed by atoms with E-state index in [2.05, 4.69) is 5.32 Å². The lowest BCUT2D eigenvalue weighted by molar-refractivity contribution is -0.126. The van der Waals surface area contributed by atoms with Crippen molar-refractivity contribution in [3.05, 3.63) is 63.6 Å². The van der Waals surface area contributed by atoms with Crippen LogP contribution in [0.1, 0.15) is 17.5 Å². The Labute approximate surface area is 156 Å². The molecule has 0 radical (unpaired) electrons. The largest absolute Gasteiger partial charge is 0.352 e. The third kappa shape index (κ3) is 3.97. The van der Waals surface area contributed by atoms with Crippen LogP contribution in [0.15, 0.2) is 42.5 Å². The number of benzene rings is 2. The first-order valence-electron chi connectivity index (χ1n) is 8.03. The van der Waals surface area contributed by atoms with Gasteiger partial charge >= 0.3 is 0 Å². The smallest absolute Gasteiger partial charge is 0.227 e. The zero-order valence-corrected chi connectivity index (χ0v) is 15.3. The van der Waals surface area contributed by atoms with Gasteiger partial charge in [-0.05, 0) is 42.3 Å². The molecule has 0 aliphatic carbocycles. The number of nitrogens with one attached hydrogen (secondary N) is 1. The number of amides is 2. The fourth-order valence-electron chi connectivity index (χ4n) is 2.94. The first kappa shape index (κ1) is 17.8. The molecule has 1 aliphatic rings. The fraction of sp³-hybridized carbons (Fsp3) is 0.263. The minimum absolute atomic E-state index is 0.0583. The van der Waals surface area contributed by atoms with E-state index >= 15 is 0 Å². The molecule has 1 aliphatic heterocycles. The van der Waals surface area contributed by atoms with E-state index < -0.39 is 0 Å². The van der Waals surface area contributed by atoms with Gasteiger partial charge < -0.3 is 10.2 Å². The molecule has 6 heteroatoms. The summed E-state index contributed by atoms with van der Waals surface area (Å²) < 4.78 is 0. The summed E-state index contributed by atoms with van der Waals surface area (Å²) in [5.41, 5.74) is 2.58. The molecule has 25 heavy (non-hydrogen) atoms. The highest BCUT2D eigenvalue weighted by atomic mass is 35.5. The van der Waals surface area contributed by atoms with Crippen LogP contribution in [0.3, 0.4) is 0 Å². The number of carbonyl (C=O) groups is 2. The van der Waals surface area contributed by atoms with Gasteiger partial charge in [0.1, 0.15) is 0 Å². The summed E-state index contributed by atoms with van der Waals surface area (Å²) in [5.74, 6) is -0.541. The van der Waals surface area contributed by atoms with Crippen LogP contribution >= 0.6 is 23.2 Å². The van der Waals surface area contributed by atoms with Gasteiger partial charge in [0.2, 0.25) is 11.8 Å². The predicted molar refractivity (Wildman–Crippen MR) is 99.9 cm³/mol. The Hall–Kier alpha value is -2.04. The maximum Gasteiger partial charge on any atom is 0.227 e. The molecule has 130 valence electrons. The van der Waals surface area contributed by atoms with E-state index in [9.17, 15) is 9.59 Å². The monoisotopic (exact) mass is 376 g/mol. The Balaban J connectivity index is 1.64. The van der Waals surface area contributed by atoms with E-state index in [1.807, 2.05) is 31.2 Å². The molecule has 1 fully saturated rings. The number of hydrogen-bond donors (Lipinski definition) is 1. The van der Waals surface area contributed by atoms with Crippen LogP contribution < -0.4 is 10.2 Å². The number of anilines is 1. The van der Waals surface area contributed by atoms with Crippen molar-refractivity contribution in [1.29, 1.82) is 0 Å². The zero-order chi connectivity index (χ0) is 18.0. The van der Waals surface area contributed by atoms with Crippen LogP contribution in [-0.4, -0.2) is 18.4 Å². The lowest BCUT2D eigenvalue weighted by Crippen LogP contribution is -2.32. The van der Waals surface area contributed by atoms with Crippen LogP contribution in [0.2, 0.25) is 10.0 Å². The minimum atomic E-state index is -0.363. The molecule has 3 rings (SSSR count). The maximum atomic E-state index is 12.4. The SMILES string of the molecule is Cc1c(Cl)cccc1N1C[C@@H](C(=O)NCc2ccc(Cl)cc2)CC1=O. The Kier molecular flexibility index (Phi) is 5.30. The van der Waals surface area contributed by atoms with Gasteiger partial charge in [0.25, 0.3) is 0 Å². The van der Waals surface area contributed by atoms with E-state index in [1.54, 1.807) is 23.1 Å². The van der Waals surface area contributed by atoms with E-state index in [-0.39, 0.29) is 24.2 Å². The van der Waals surface area contributed by atoms with Crippen LogP contribution in [-0.2, 0) is 16.1 Å². The molecule has 4 nitrogen and oxygen atoms in total. The van der Waals surface area contributed by atoms with Crippen molar-refractivity contribution in [2.24, 2.45) is 5.92 Å². The zero-order valence-electron chi connectivity index (χ0n) is 13.8. The molecule has 0 saturated carbocycles. The highest BCUT2D eigenvalue weighted by molar-refractivity contribution is 6.31. The van der Waals surface area contributed by atoms with Crippen LogP contribution in [0.4, 0.5) is 5.69 Å². The molecule has 2 aromatic rings. The van der Waals surface area contributed by atoms with Crippen molar-refractivity contribution in [2.75, 3.05) is 11.4 Å². The lowest BCUT2D eigenvalue weighted by atomic mass is 10.1. The van der Waals surface area contributed by atoms with Crippen molar-refractivity contribution in [3.8, 4) is 0 Å². The van der Waals surface area contributed by atoms with Gasteiger partial charge in [-0.15, -0.1) is 0 Å². The molecule has 1 atom stereocenters. The Morgan fingerprint density at radius 3 is 2.64 bits per heavy atom. The molecule has 0 bridgehead atoms. The molecular weight excluding hydrogens is 359 g/mol. The quantitative estimate of drug-likeness (QED) is 0.877. The van der Waals surface area contributed by atoms with Gasteiger partial charge in [-0.2, -0.15) is 0 Å². The predicted octanol–water partition coefficient (Wildman–Crippen LogP) is 3.97. The summed E-state index contributed by atoms with van der Waals surface area (Å²) >= 11 is 12.0. The summed E-state index contributed by atoms with van der Waals surface area (Å²) in [6.07, 6.45) is 0.207. The molecule has 0 unspecified atom stereocenters. The molecule has 1 saturated heterocycles. The first-order valence-corrected chi connectivity index (χ1v) is 8.79. The average molecular weight is 377 g/mol. The maximum absolute atomic E-state index is 12.4. The van der Waals surface area contributed by atoms with Crippen molar-refractivity contribution in [2.45, 2.75) is 19.9 Å². The second kappa shape index (κ2) is 7.46. The second-order valence-electron chi connectivity index (χ2n) is 6.13. The molecule has 1 N–H and O–H groups in total. The molecule has 2 amide bonds. The number of rotatable bonds is 4. The topological polar surface area (TPSA) is 49.4 Å². The van der Waals surface area contributed by atoms with Crippen molar-refractivity contribution in [1.82, 2.24) is 5.32 Å². The van der Waals surface area contributed by atoms with Crippen LogP contribution in [0, 0.1) is 12.8 Å². The van der Waals surface area contributed by atoms with Gasteiger partial charge in [0.15, 0.2) is 0 Å². The molecule has 0 aromatic heterocycles. The van der Waals surface area contributed by atoms with Gasteiger partial charge in [-0.1, -0.05) is 41.4 Å². The summed E-state index contributed by atoms with van der Waals surface area (Å²) in [6, 6.07) is 12.8. The van der Waals surface area contributed by atoms with E-state index in [1.165, 1.54) is 0 Å². The van der Waals surface area contributed by atoms with Crippen molar-refractivity contribution >= 4 is 40.7 Å². The van der Waals surface area contributed by atoms with E-state index in [4.69, 9.17) is 23.2 Å².